The number of carbonyl (C=O) groups excluding carboxylic acids is 1. The Balaban J connectivity index is 2.08. The first-order chi connectivity index (χ1) is 10.2. The van der Waals surface area contributed by atoms with Gasteiger partial charge in [0, 0.05) is 5.56 Å². The van der Waals surface area contributed by atoms with Crippen molar-refractivity contribution in [3.63, 3.8) is 0 Å². The number of nitrogens with zero attached hydrogens (tertiary/aromatic N) is 3. The van der Waals surface area contributed by atoms with E-state index in [4.69, 9.17) is 11.6 Å². The quantitative estimate of drug-likeness (QED) is 0.697. The maximum Gasteiger partial charge on any atom is 0.214 e. The van der Waals surface area contributed by atoms with E-state index in [9.17, 15) is 9.18 Å². The summed E-state index contributed by atoms with van der Waals surface area (Å²) in [5.41, 5.74) is 0.982. The smallest absolute Gasteiger partial charge is 0.214 e. The molecule has 0 aliphatic heterocycles. The van der Waals surface area contributed by atoms with Gasteiger partial charge in [-0.1, -0.05) is 41.1 Å². The normalized spacial score (nSPS) is 10.6. The van der Waals surface area contributed by atoms with Crippen molar-refractivity contribution in [2.75, 3.05) is 0 Å². The fraction of sp³-hybridized carbons (Fsp3) is 0. The van der Waals surface area contributed by atoms with Crippen LogP contribution >= 0.6 is 11.6 Å². The topological polar surface area (TPSA) is 47.8 Å². The van der Waals surface area contributed by atoms with E-state index in [1.165, 1.54) is 29.1 Å². The van der Waals surface area contributed by atoms with E-state index in [1.54, 1.807) is 12.1 Å². The van der Waals surface area contributed by atoms with Crippen LogP contribution in [-0.4, -0.2) is 20.8 Å². The molecule has 0 radical (unpaired) electrons. The highest BCUT2D eigenvalue weighted by Crippen LogP contribution is 2.23. The minimum Gasteiger partial charge on any atom is -0.287 e. The van der Waals surface area contributed by atoms with Gasteiger partial charge in [-0.05, 0) is 24.3 Å². The molecule has 3 rings (SSSR count). The Morgan fingerprint density at radius 3 is 2.62 bits per heavy atom. The first-order valence-electron chi connectivity index (χ1n) is 6.13. The van der Waals surface area contributed by atoms with E-state index in [1.807, 2.05) is 18.2 Å². The molecule has 4 nitrogen and oxygen atoms in total. The lowest BCUT2D eigenvalue weighted by atomic mass is 10.1. The monoisotopic (exact) mass is 301 g/mol. The zero-order chi connectivity index (χ0) is 14.8. The van der Waals surface area contributed by atoms with Crippen LogP contribution < -0.4 is 0 Å². The summed E-state index contributed by atoms with van der Waals surface area (Å²) in [6, 6.07) is 13.2. The van der Waals surface area contributed by atoms with Crippen molar-refractivity contribution in [1.29, 1.82) is 0 Å². The van der Waals surface area contributed by atoms with Crippen LogP contribution in [0.2, 0.25) is 5.02 Å². The van der Waals surface area contributed by atoms with Crippen LogP contribution in [0.25, 0.3) is 5.69 Å². The summed E-state index contributed by atoms with van der Waals surface area (Å²) >= 11 is 5.86. The summed E-state index contributed by atoms with van der Waals surface area (Å²) in [6.07, 6.45) is 1.33. The van der Waals surface area contributed by atoms with Gasteiger partial charge in [-0.2, -0.15) is 0 Å². The van der Waals surface area contributed by atoms with Crippen molar-refractivity contribution in [2.45, 2.75) is 0 Å². The summed E-state index contributed by atoms with van der Waals surface area (Å²) in [6.45, 7) is 0. The second kappa shape index (κ2) is 5.46. The molecule has 0 N–H and O–H groups in total. The maximum absolute atomic E-state index is 13.5. The molecule has 0 atom stereocenters. The van der Waals surface area contributed by atoms with Crippen LogP contribution in [0.1, 0.15) is 16.1 Å². The van der Waals surface area contributed by atoms with Gasteiger partial charge >= 0.3 is 0 Å². The molecule has 6 heteroatoms. The zero-order valence-corrected chi connectivity index (χ0v) is 11.5. The van der Waals surface area contributed by atoms with Crippen molar-refractivity contribution < 1.29 is 9.18 Å². The number of aromatic nitrogens is 3. The van der Waals surface area contributed by atoms with Crippen molar-refractivity contribution in [1.82, 2.24) is 15.0 Å². The van der Waals surface area contributed by atoms with E-state index < -0.39 is 11.6 Å². The fourth-order valence-corrected chi connectivity index (χ4v) is 2.18. The Labute approximate surface area is 124 Å². The summed E-state index contributed by atoms with van der Waals surface area (Å²) in [7, 11) is 0. The van der Waals surface area contributed by atoms with Crippen LogP contribution in [0.3, 0.4) is 0 Å². The minimum absolute atomic E-state index is 0.0798. The minimum atomic E-state index is -0.638. The molecule has 0 amide bonds. The third kappa shape index (κ3) is 2.43. The van der Waals surface area contributed by atoms with Crippen molar-refractivity contribution in [3.05, 3.63) is 76.8 Å². The van der Waals surface area contributed by atoms with E-state index in [0.717, 1.165) is 0 Å². The van der Waals surface area contributed by atoms with Crippen molar-refractivity contribution >= 4 is 17.4 Å². The van der Waals surface area contributed by atoms with Crippen molar-refractivity contribution in [3.8, 4) is 5.69 Å². The number of benzene rings is 2. The highest BCUT2D eigenvalue weighted by molar-refractivity contribution is 6.35. The van der Waals surface area contributed by atoms with Crippen LogP contribution in [0, 0.1) is 5.82 Å². The summed E-state index contributed by atoms with van der Waals surface area (Å²) in [5, 5.41) is 7.44. The largest absolute Gasteiger partial charge is 0.287 e. The number of carbonyl (C=O) groups is 1. The van der Waals surface area contributed by atoms with Crippen LogP contribution in [-0.2, 0) is 0 Å². The lowest BCUT2D eigenvalue weighted by Crippen LogP contribution is -2.11. The predicted molar refractivity (Wildman–Crippen MR) is 76.2 cm³/mol. The molecule has 21 heavy (non-hydrogen) atoms. The molecular weight excluding hydrogens is 293 g/mol. The molecule has 0 saturated carbocycles. The lowest BCUT2D eigenvalue weighted by Gasteiger charge is -2.06. The molecule has 0 unspecified atom stereocenters. The van der Waals surface area contributed by atoms with Gasteiger partial charge in [-0.15, -0.1) is 5.10 Å². The zero-order valence-electron chi connectivity index (χ0n) is 10.7. The van der Waals surface area contributed by atoms with E-state index >= 15 is 0 Å². The van der Waals surface area contributed by atoms with Gasteiger partial charge in [0.25, 0.3) is 0 Å². The highest BCUT2D eigenvalue weighted by atomic mass is 35.5. The molecule has 0 fully saturated rings. The lowest BCUT2D eigenvalue weighted by molar-refractivity contribution is 0.103. The fourth-order valence-electron chi connectivity index (χ4n) is 1.97. The molecule has 0 bridgehead atoms. The average Bonchev–Trinajstić information content (AvgIpc) is 3.00. The van der Waals surface area contributed by atoms with Gasteiger partial charge in [-0.25, -0.2) is 9.07 Å². The Morgan fingerprint density at radius 2 is 1.86 bits per heavy atom. The van der Waals surface area contributed by atoms with Gasteiger partial charge in [0.15, 0.2) is 0 Å². The second-order valence-electron chi connectivity index (χ2n) is 4.30. The predicted octanol–water partition coefficient (Wildman–Crippen LogP) is 3.29. The van der Waals surface area contributed by atoms with E-state index in [-0.39, 0.29) is 16.3 Å². The van der Waals surface area contributed by atoms with Gasteiger partial charge in [0.05, 0.1) is 16.9 Å². The molecule has 1 heterocycles. The SMILES string of the molecule is O=C(c1cccc(F)c1Cl)c1cnnn1-c1ccccc1. The molecule has 0 aliphatic carbocycles. The molecule has 0 aliphatic rings. The molecule has 0 saturated heterocycles. The molecular formula is C15H9ClFN3O. The van der Waals surface area contributed by atoms with E-state index in [2.05, 4.69) is 10.3 Å². The Bertz CT molecular complexity index is 802. The Hall–Kier alpha value is -2.53. The molecule has 3 aromatic rings. The second-order valence-corrected chi connectivity index (χ2v) is 4.68. The molecule has 104 valence electrons. The summed E-state index contributed by atoms with van der Waals surface area (Å²) < 4.78 is 14.9. The first-order valence-corrected chi connectivity index (χ1v) is 6.51. The van der Waals surface area contributed by atoms with Gasteiger partial charge in [0.1, 0.15) is 11.5 Å². The molecule has 0 spiro atoms. The maximum atomic E-state index is 13.5. The summed E-state index contributed by atoms with van der Waals surface area (Å²) in [5.74, 6) is -1.07. The number of hydrogen-bond acceptors (Lipinski definition) is 3. The number of hydrogen-bond donors (Lipinski definition) is 0. The number of halogens is 2. The third-order valence-corrected chi connectivity index (χ3v) is 3.36. The Morgan fingerprint density at radius 1 is 1.10 bits per heavy atom. The van der Waals surface area contributed by atoms with Crippen LogP contribution in [0.5, 0.6) is 0 Å². The number of para-hydroxylation sites is 1. The van der Waals surface area contributed by atoms with Crippen LogP contribution in [0.15, 0.2) is 54.7 Å². The third-order valence-electron chi connectivity index (χ3n) is 2.98. The average molecular weight is 302 g/mol. The molecule has 2 aromatic carbocycles. The Kier molecular flexibility index (Phi) is 3.50. The highest BCUT2D eigenvalue weighted by Gasteiger charge is 2.20. The number of ketones is 1. The van der Waals surface area contributed by atoms with Crippen molar-refractivity contribution in [2.24, 2.45) is 0 Å². The summed E-state index contributed by atoms with van der Waals surface area (Å²) in [4.78, 5) is 12.5. The van der Waals surface area contributed by atoms with Gasteiger partial charge in [0.2, 0.25) is 5.78 Å². The first kappa shape index (κ1) is 13.5. The van der Waals surface area contributed by atoms with Gasteiger partial charge < -0.3 is 0 Å². The standard InChI is InChI=1S/C15H9ClFN3O/c16-14-11(7-4-8-12(14)17)15(21)13-9-18-19-20(13)10-5-2-1-3-6-10/h1-9H. The van der Waals surface area contributed by atoms with Gasteiger partial charge in [-0.3, -0.25) is 4.79 Å². The molecule has 1 aromatic heterocycles. The van der Waals surface area contributed by atoms with Crippen LogP contribution in [0.4, 0.5) is 4.39 Å². The number of rotatable bonds is 3. The van der Waals surface area contributed by atoms with E-state index in [0.29, 0.717) is 5.69 Å².